The summed E-state index contributed by atoms with van der Waals surface area (Å²) in [5, 5.41) is 7.62. The van der Waals surface area contributed by atoms with Crippen LogP contribution in [0.1, 0.15) is 43.7 Å². The Morgan fingerprint density at radius 2 is 1.77 bits per heavy atom. The van der Waals surface area contributed by atoms with Crippen LogP contribution in [0.4, 0.5) is 19.0 Å². The predicted octanol–water partition coefficient (Wildman–Crippen LogP) is 5.04. The number of aromatic amines is 1. The number of ketones is 1. The van der Waals surface area contributed by atoms with Crippen LogP contribution in [0.2, 0.25) is 0 Å². The molecule has 0 amide bonds. The van der Waals surface area contributed by atoms with E-state index in [1.165, 1.54) is 6.07 Å². The third-order valence-corrected chi connectivity index (χ3v) is 7.34. The number of hydrogen-bond donors (Lipinski definition) is 2. The summed E-state index contributed by atoms with van der Waals surface area (Å²) in [7, 11) is 2.01. The molecule has 0 aliphatic carbocycles. The van der Waals surface area contributed by atoms with E-state index in [9.17, 15) is 18.0 Å². The number of carbonyl (C=O) groups excluding carboxylic acids is 1. The number of benzene rings is 3. The van der Waals surface area contributed by atoms with Gasteiger partial charge in [0.05, 0.1) is 16.5 Å². The van der Waals surface area contributed by atoms with E-state index in [0.717, 1.165) is 48.7 Å². The van der Waals surface area contributed by atoms with Crippen molar-refractivity contribution in [2.24, 2.45) is 0 Å². The number of likely N-dealkylation sites (N-methyl/N-ethyl adjacent to an activating group) is 1. The van der Waals surface area contributed by atoms with E-state index in [2.05, 4.69) is 26.9 Å². The van der Waals surface area contributed by atoms with Crippen molar-refractivity contribution in [2.45, 2.75) is 26.1 Å². The molecule has 1 fully saturated rings. The lowest BCUT2D eigenvalue weighted by Crippen LogP contribution is -2.44. The van der Waals surface area contributed by atoms with Gasteiger partial charge in [-0.2, -0.15) is 18.3 Å². The summed E-state index contributed by atoms with van der Waals surface area (Å²) in [6.45, 7) is 5.21. The number of carbonyl (C=O) groups is 1. The van der Waals surface area contributed by atoms with E-state index in [1.54, 1.807) is 24.3 Å². The fraction of sp³-hybridized carbons (Fsp3) is 0.290. The van der Waals surface area contributed by atoms with E-state index in [-0.39, 0.29) is 24.3 Å². The van der Waals surface area contributed by atoms with Gasteiger partial charge in [0.2, 0.25) is 0 Å². The maximum atomic E-state index is 14.0. The molecule has 0 unspecified atom stereocenters. The predicted molar refractivity (Wildman–Crippen MR) is 150 cm³/mol. The van der Waals surface area contributed by atoms with Crippen LogP contribution in [0, 0.1) is 18.8 Å². The molecule has 3 aromatic carbocycles. The molecule has 9 heteroatoms. The molecule has 2 heterocycles. The number of aromatic nitrogens is 2. The first kappa shape index (κ1) is 27.4. The molecule has 1 aromatic heterocycles. The van der Waals surface area contributed by atoms with Crippen molar-refractivity contribution in [3.63, 3.8) is 0 Å². The molecule has 6 nitrogen and oxygen atoms in total. The first-order valence-electron chi connectivity index (χ1n) is 13.1. The van der Waals surface area contributed by atoms with Crippen LogP contribution in [0.15, 0.2) is 54.6 Å². The minimum Gasteiger partial charge on any atom is -0.382 e. The molecule has 0 bridgehead atoms. The number of fused-ring (bicyclic) bond motifs is 1. The number of halogens is 3. The van der Waals surface area contributed by atoms with Crippen LogP contribution in [0.3, 0.4) is 0 Å². The van der Waals surface area contributed by atoms with E-state index in [1.807, 2.05) is 37.1 Å². The molecule has 206 valence electrons. The molecule has 1 aliphatic rings. The zero-order chi connectivity index (χ0) is 28.4. The Morgan fingerprint density at radius 3 is 2.52 bits per heavy atom. The SMILES string of the molecule is Cc1ccc(C(=O)Cc2ccc(CN3CCN(C)CC3)c(C(F)(F)F)c2)cc1C#Cc1cccc2[nH]nc(N)c12. The summed E-state index contributed by atoms with van der Waals surface area (Å²) in [4.78, 5) is 17.4. The van der Waals surface area contributed by atoms with Crippen LogP contribution in [0.25, 0.3) is 10.9 Å². The van der Waals surface area contributed by atoms with Crippen molar-refractivity contribution in [1.29, 1.82) is 0 Å². The topological polar surface area (TPSA) is 78.2 Å². The van der Waals surface area contributed by atoms with Crippen molar-refractivity contribution in [3.05, 3.63) is 93.5 Å². The zero-order valence-electron chi connectivity index (χ0n) is 22.4. The molecule has 0 spiro atoms. The number of hydrogen-bond acceptors (Lipinski definition) is 5. The van der Waals surface area contributed by atoms with Gasteiger partial charge in [-0.05, 0) is 54.9 Å². The average molecular weight is 546 g/mol. The Bertz CT molecular complexity index is 1620. The van der Waals surface area contributed by atoms with E-state index in [4.69, 9.17) is 5.73 Å². The minimum absolute atomic E-state index is 0.140. The summed E-state index contributed by atoms with van der Waals surface area (Å²) in [6, 6.07) is 15.0. The number of Topliss-reactive ketones (excluding diaryl/α,β-unsaturated/α-hetero) is 1. The smallest absolute Gasteiger partial charge is 0.382 e. The summed E-state index contributed by atoms with van der Waals surface area (Å²) in [6.07, 6.45) is -4.65. The summed E-state index contributed by atoms with van der Waals surface area (Å²) in [5.74, 6) is 6.32. The molecule has 40 heavy (non-hydrogen) atoms. The van der Waals surface area contributed by atoms with Gasteiger partial charge in [0.1, 0.15) is 0 Å². The third kappa shape index (κ3) is 6.03. The minimum atomic E-state index is -4.51. The maximum absolute atomic E-state index is 14.0. The molecule has 5 rings (SSSR count). The van der Waals surface area contributed by atoms with Crippen LogP contribution >= 0.6 is 0 Å². The maximum Gasteiger partial charge on any atom is 0.416 e. The normalized spacial score (nSPS) is 14.7. The second kappa shape index (κ2) is 11.2. The lowest BCUT2D eigenvalue weighted by Gasteiger charge is -2.33. The Balaban J connectivity index is 1.36. The molecule has 1 aliphatic heterocycles. The van der Waals surface area contributed by atoms with Crippen molar-refractivity contribution in [2.75, 3.05) is 39.0 Å². The summed E-state index contributed by atoms with van der Waals surface area (Å²) < 4.78 is 42.0. The highest BCUT2D eigenvalue weighted by molar-refractivity contribution is 5.98. The van der Waals surface area contributed by atoms with Crippen molar-refractivity contribution < 1.29 is 18.0 Å². The van der Waals surface area contributed by atoms with Gasteiger partial charge in [0, 0.05) is 55.8 Å². The Morgan fingerprint density at radius 1 is 1.02 bits per heavy atom. The molecule has 0 radical (unpaired) electrons. The number of anilines is 1. The average Bonchev–Trinajstić information content (AvgIpc) is 3.31. The molecule has 1 saturated heterocycles. The molecule has 3 N–H and O–H groups in total. The van der Waals surface area contributed by atoms with Gasteiger partial charge in [-0.3, -0.25) is 14.8 Å². The van der Waals surface area contributed by atoms with Crippen LogP contribution in [-0.2, 0) is 19.1 Å². The third-order valence-electron chi connectivity index (χ3n) is 7.34. The van der Waals surface area contributed by atoms with Crippen molar-refractivity contribution >= 4 is 22.5 Å². The standard InChI is InChI=1S/C31H30F3N5O/c1-20-6-8-24(18-23(20)11-10-22-4-3-5-27-29(22)30(35)37-36-27)28(40)17-21-7-9-25(26(16-21)31(32,33)34)19-39-14-12-38(2)13-15-39/h3-9,16,18H,12-15,17,19H2,1-2H3,(H3,35,36,37). The van der Waals surface area contributed by atoms with Crippen LogP contribution in [-0.4, -0.2) is 59.0 Å². The largest absolute Gasteiger partial charge is 0.416 e. The fourth-order valence-corrected chi connectivity index (χ4v) is 4.94. The summed E-state index contributed by atoms with van der Waals surface area (Å²) in [5.41, 5.74) is 9.27. The first-order chi connectivity index (χ1) is 19.1. The van der Waals surface area contributed by atoms with Gasteiger partial charge in [0.25, 0.3) is 0 Å². The second-order valence-corrected chi connectivity index (χ2v) is 10.3. The zero-order valence-corrected chi connectivity index (χ0v) is 22.4. The molecular weight excluding hydrogens is 515 g/mol. The van der Waals surface area contributed by atoms with E-state index < -0.39 is 11.7 Å². The van der Waals surface area contributed by atoms with Crippen molar-refractivity contribution in [1.82, 2.24) is 20.0 Å². The summed E-state index contributed by atoms with van der Waals surface area (Å²) >= 11 is 0. The van der Waals surface area contributed by atoms with Gasteiger partial charge >= 0.3 is 6.18 Å². The van der Waals surface area contributed by atoms with E-state index >= 15 is 0 Å². The number of nitrogen functional groups attached to an aromatic ring is 1. The van der Waals surface area contributed by atoms with Crippen LogP contribution < -0.4 is 5.73 Å². The van der Waals surface area contributed by atoms with Gasteiger partial charge in [-0.15, -0.1) is 0 Å². The Kier molecular flexibility index (Phi) is 7.66. The number of rotatable bonds is 5. The number of nitrogens with two attached hydrogens (primary N) is 1. The van der Waals surface area contributed by atoms with Crippen molar-refractivity contribution in [3.8, 4) is 11.8 Å². The highest BCUT2D eigenvalue weighted by Crippen LogP contribution is 2.34. The monoisotopic (exact) mass is 545 g/mol. The molecular formula is C31H30F3N5O. The first-order valence-corrected chi connectivity index (χ1v) is 13.1. The lowest BCUT2D eigenvalue weighted by molar-refractivity contribution is -0.138. The highest BCUT2D eigenvalue weighted by atomic mass is 19.4. The Hall–Kier alpha value is -4.13. The highest BCUT2D eigenvalue weighted by Gasteiger charge is 2.34. The molecule has 0 saturated carbocycles. The van der Waals surface area contributed by atoms with Crippen LogP contribution in [0.5, 0.6) is 0 Å². The van der Waals surface area contributed by atoms with Gasteiger partial charge in [0.15, 0.2) is 11.6 Å². The lowest BCUT2D eigenvalue weighted by atomic mass is 9.96. The van der Waals surface area contributed by atoms with Gasteiger partial charge in [-0.25, -0.2) is 0 Å². The molecule has 0 atom stereocenters. The fourth-order valence-electron chi connectivity index (χ4n) is 4.94. The van der Waals surface area contributed by atoms with Gasteiger partial charge in [-0.1, -0.05) is 42.2 Å². The number of nitrogens with one attached hydrogen (secondary N) is 1. The number of H-pyrrole nitrogens is 1. The number of nitrogens with zero attached hydrogens (tertiary/aromatic N) is 3. The number of alkyl halides is 3. The quantitative estimate of drug-likeness (QED) is 0.271. The number of piperazine rings is 1. The molecule has 4 aromatic rings. The van der Waals surface area contributed by atoms with E-state index in [0.29, 0.717) is 28.1 Å². The van der Waals surface area contributed by atoms with Gasteiger partial charge < -0.3 is 10.6 Å². The second-order valence-electron chi connectivity index (χ2n) is 10.3. The Labute approximate surface area is 231 Å². The number of aryl methyl sites for hydroxylation is 1.